The lowest BCUT2D eigenvalue weighted by atomic mass is 9.97. The first kappa shape index (κ1) is 8.31. The highest BCUT2D eigenvalue weighted by Crippen LogP contribution is 2.54. The number of allylic oxidation sites excluding steroid dienone is 1. The van der Waals surface area contributed by atoms with Crippen molar-refractivity contribution >= 4 is 0 Å². The van der Waals surface area contributed by atoms with Crippen LogP contribution < -0.4 is 5.73 Å². The fourth-order valence-corrected chi connectivity index (χ4v) is 2.38. The average Bonchev–Trinajstić information content (AvgIpc) is 2.56. The van der Waals surface area contributed by atoms with Gasteiger partial charge in [0, 0.05) is 6.04 Å². The summed E-state index contributed by atoms with van der Waals surface area (Å²) in [4.78, 5) is 0. The van der Waals surface area contributed by atoms with Crippen LogP contribution in [-0.4, -0.2) is 6.04 Å². The van der Waals surface area contributed by atoms with Crippen molar-refractivity contribution in [3.8, 4) is 0 Å². The molecule has 1 nitrogen and oxygen atoms in total. The predicted molar refractivity (Wildman–Crippen MR) is 51.8 cm³/mol. The molecule has 2 aliphatic carbocycles. The Morgan fingerprint density at radius 3 is 2.67 bits per heavy atom. The lowest BCUT2D eigenvalue weighted by molar-refractivity contribution is 0.508. The maximum atomic E-state index is 6.19. The van der Waals surface area contributed by atoms with Gasteiger partial charge in [-0.3, -0.25) is 0 Å². The maximum Gasteiger partial charge on any atom is 0.0287 e. The summed E-state index contributed by atoms with van der Waals surface area (Å²) in [5.41, 5.74) is 8.26. The van der Waals surface area contributed by atoms with Crippen LogP contribution in [0.4, 0.5) is 0 Å². The van der Waals surface area contributed by atoms with Crippen LogP contribution in [0.2, 0.25) is 0 Å². The molecule has 1 fully saturated rings. The number of nitrogens with two attached hydrogens (primary N) is 1. The normalized spacial score (nSPS) is 34.6. The number of rotatable bonds is 2. The van der Waals surface area contributed by atoms with Gasteiger partial charge in [-0.25, -0.2) is 0 Å². The van der Waals surface area contributed by atoms with Crippen LogP contribution in [0.15, 0.2) is 11.6 Å². The summed E-state index contributed by atoms with van der Waals surface area (Å²) in [6.45, 7) is 4.65. The highest BCUT2D eigenvalue weighted by atomic mass is 14.7. The zero-order chi connectivity index (χ0) is 8.77. The van der Waals surface area contributed by atoms with Crippen molar-refractivity contribution in [3.63, 3.8) is 0 Å². The first-order chi connectivity index (χ1) is 5.61. The van der Waals surface area contributed by atoms with Gasteiger partial charge in [-0.1, -0.05) is 25.5 Å². The smallest absolute Gasteiger partial charge is 0.0287 e. The molecule has 0 radical (unpaired) electrons. The van der Waals surface area contributed by atoms with E-state index in [0.29, 0.717) is 11.5 Å². The fraction of sp³-hybridized carbons (Fsp3) is 0.818. The SMILES string of the molecule is CC1(C)CC1C(N)C1=CCCC1. The van der Waals surface area contributed by atoms with Crippen LogP contribution in [0.1, 0.15) is 39.5 Å². The fourth-order valence-electron chi connectivity index (χ4n) is 2.38. The molecule has 0 aromatic rings. The molecule has 2 aliphatic rings. The summed E-state index contributed by atoms with van der Waals surface area (Å²) < 4.78 is 0. The minimum Gasteiger partial charge on any atom is -0.324 e. The Labute approximate surface area is 75.0 Å². The number of hydrogen-bond acceptors (Lipinski definition) is 1. The summed E-state index contributed by atoms with van der Waals surface area (Å²) in [5, 5.41) is 0. The van der Waals surface area contributed by atoms with Gasteiger partial charge in [-0.2, -0.15) is 0 Å². The van der Waals surface area contributed by atoms with Crippen LogP contribution in [0.3, 0.4) is 0 Å². The highest BCUT2D eigenvalue weighted by molar-refractivity contribution is 5.20. The van der Waals surface area contributed by atoms with Crippen LogP contribution in [0.25, 0.3) is 0 Å². The zero-order valence-electron chi connectivity index (χ0n) is 8.14. The van der Waals surface area contributed by atoms with Crippen molar-refractivity contribution in [2.24, 2.45) is 17.1 Å². The summed E-state index contributed by atoms with van der Waals surface area (Å²) in [6.07, 6.45) is 7.53. The Morgan fingerprint density at radius 1 is 1.58 bits per heavy atom. The van der Waals surface area contributed by atoms with Gasteiger partial charge in [0.15, 0.2) is 0 Å². The van der Waals surface area contributed by atoms with E-state index in [-0.39, 0.29) is 0 Å². The Kier molecular flexibility index (Phi) is 1.80. The quantitative estimate of drug-likeness (QED) is 0.625. The molecule has 0 spiro atoms. The Bertz CT molecular complexity index is 215. The largest absolute Gasteiger partial charge is 0.324 e. The van der Waals surface area contributed by atoms with E-state index in [1.807, 2.05) is 0 Å². The second kappa shape index (κ2) is 2.59. The maximum absolute atomic E-state index is 6.19. The van der Waals surface area contributed by atoms with Gasteiger partial charge < -0.3 is 5.73 Å². The molecule has 2 rings (SSSR count). The third kappa shape index (κ3) is 1.31. The Hall–Kier alpha value is -0.300. The molecule has 0 saturated heterocycles. The van der Waals surface area contributed by atoms with Crippen molar-refractivity contribution in [1.29, 1.82) is 0 Å². The van der Waals surface area contributed by atoms with E-state index in [9.17, 15) is 0 Å². The van der Waals surface area contributed by atoms with E-state index in [1.165, 1.54) is 31.3 Å². The van der Waals surface area contributed by atoms with Crippen molar-refractivity contribution in [3.05, 3.63) is 11.6 Å². The molecule has 0 aliphatic heterocycles. The minimum absolute atomic E-state index is 0.377. The molecule has 1 heteroatoms. The van der Waals surface area contributed by atoms with Crippen molar-refractivity contribution < 1.29 is 0 Å². The molecule has 1 saturated carbocycles. The molecule has 2 atom stereocenters. The van der Waals surface area contributed by atoms with Crippen LogP contribution in [0, 0.1) is 11.3 Å². The second-order valence-electron chi connectivity index (χ2n) is 5.00. The summed E-state index contributed by atoms with van der Waals surface area (Å²) >= 11 is 0. The minimum atomic E-state index is 0.377. The summed E-state index contributed by atoms with van der Waals surface area (Å²) in [7, 11) is 0. The summed E-state index contributed by atoms with van der Waals surface area (Å²) in [6, 6.07) is 0.377. The predicted octanol–water partition coefficient (Wildman–Crippen LogP) is 2.47. The van der Waals surface area contributed by atoms with Gasteiger partial charge in [0.2, 0.25) is 0 Å². The van der Waals surface area contributed by atoms with Crippen molar-refractivity contribution in [2.45, 2.75) is 45.6 Å². The molecule has 0 aromatic carbocycles. The van der Waals surface area contributed by atoms with Gasteiger partial charge in [0.05, 0.1) is 0 Å². The van der Waals surface area contributed by atoms with Crippen molar-refractivity contribution in [2.75, 3.05) is 0 Å². The molecule has 0 heterocycles. The van der Waals surface area contributed by atoms with E-state index in [1.54, 1.807) is 0 Å². The molecule has 2 unspecified atom stereocenters. The number of hydrogen-bond donors (Lipinski definition) is 1. The Balaban J connectivity index is 1.97. The lowest BCUT2D eigenvalue weighted by Crippen LogP contribution is -2.26. The summed E-state index contributed by atoms with van der Waals surface area (Å²) in [5.74, 6) is 0.766. The molecule has 0 bridgehead atoms. The van der Waals surface area contributed by atoms with Gasteiger partial charge >= 0.3 is 0 Å². The highest BCUT2D eigenvalue weighted by Gasteiger charge is 2.49. The molecule has 0 aromatic heterocycles. The molecule has 68 valence electrons. The van der Waals surface area contributed by atoms with Crippen molar-refractivity contribution in [1.82, 2.24) is 0 Å². The van der Waals surface area contributed by atoms with Gasteiger partial charge in [-0.05, 0) is 37.0 Å². The second-order valence-corrected chi connectivity index (χ2v) is 5.00. The topological polar surface area (TPSA) is 26.0 Å². The first-order valence-electron chi connectivity index (χ1n) is 5.06. The van der Waals surface area contributed by atoms with Crippen LogP contribution in [0.5, 0.6) is 0 Å². The first-order valence-corrected chi connectivity index (χ1v) is 5.06. The average molecular weight is 165 g/mol. The third-order valence-electron chi connectivity index (χ3n) is 3.53. The van der Waals surface area contributed by atoms with E-state index in [2.05, 4.69) is 19.9 Å². The lowest BCUT2D eigenvalue weighted by Gasteiger charge is -2.14. The molecule has 12 heavy (non-hydrogen) atoms. The standard InChI is InChI=1S/C11H19N/c1-11(2)7-9(11)10(12)8-5-3-4-6-8/h5,9-10H,3-4,6-7,12H2,1-2H3. The van der Waals surface area contributed by atoms with E-state index in [4.69, 9.17) is 5.73 Å². The van der Waals surface area contributed by atoms with Crippen LogP contribution in [-0.2, 0) is 0 Å². The molecular weight excluding hydrogens is 146 g/mol. The van der Waals surface area contributed by atoms with Crippen LogP contribution >= 0.6 is 0 Å². The molecule has 0 amide bonds. The molecular formula is C11H19N. The molecule has 2 N–H and O–H groups in total. The third-order valence-corrected chi connectivity index (χ3v) is 3.53. The monoisotopic (exact) mass is 165 g/mol. The van der Waals surface area contributed by atoms with E-state index in [0.717, 1.165) is 5.92 Å². The van der Waals surface area contributed by atoms with Gasteiger partial charge in [-0.15, -0.1) is 0 Å². The van der Waals surface area contributed by atoms with Gasteiger partial charge in [0.1, 0.15) is 0 Å². The van der Waals surface area contributed by atoms with Gasteiger partial charge in [0.25, 0.3) is 0 Å². The zero-order valence-corrected chi connectivity index (χ0v) is 8.14. The van der Waals surface area contributed by atoms with E-state index >= 15 is 0 Å². The van der Waals surface area contributed by atoms with E-state index < -0.39 is 0 Å². The Morgan fingerprint density at radius 2 is 2.25 bits per heavy atom.